The summed E-state index contributed by atoms with van der Waals surface area (Å²) < 4.78 is 12.8. The fraction of sp³-hybridized carbons (Fsp3) is 0.182. The third-order valence-electron chi connectivity index (χ3n) is 5.20. The molecule has 0 atom stereocenters. The zero-order valence-electron chi connectivity index (χ0n) is 16.4. The number of hydrogen-bond acceptors (Lipinski definition) is 4. The maximum Gasteiger partial charge on any atom is 0.326 e. The molecular weight excluding hydrogens is 420 g/mol. The van der Waals surface area contributed by atoms with Gasteiger partial charge in [-0.3, -0.25) is 9.36 Å². The van der Waals surface area contributed by atoms with Gasteiger partial charge in [0.1, 0.15) is 13.2 Å². The van der Waals surface area contributed by atoms with E-state index in [2.05, 4.69) is 15.3 Å². The number of para-hydroxylation sites is 2. The molecule has 31 heavy (non-hydrogen) atoms. The molecule has 4 aromatic rings. The predicted octanol–water partition coefficient (Wildman–Crippen LogP) is 3.18. The largest absolute Gasteiger partial charge is 0.486 e. The second-order valence-electron chi connectivity index (χ2n) is 7.12. The van der Waals surface area contributed by atoms with Gasteiger partial charge in [-0.05, 0) is 29.8 Å². The van der Waals surface area contributed by atoms with Crippen molar-refractivity contribution in [2.45, 2.75) is 6.54 Å². The van der Waals surface area contributed by atoms with Crippen molar-refractivity contribution in [1.82, 2.24) is 19.9 Å². The van der Waals surface area contributed by atoms with Crippen molar-refractivity contribution in [2.75, 3.05) is 19.8 Å². The summed E-state index contributed by atoms with van der Waals surface area (Å²) in [6, 6.07) is 11.0. The number of amides is 1. The highest BCUT2D eigenvalue weighted by Gasteiger charge is 2.20. The summed E-state index contributed by atoms with van der Waals surface area (Å²) in [5.41, 5.74) is 3.27. The molecule has 0 fully saturated rings. The van der Waals surface area contributed by atoms with E-state index in [1.807, 2.05) is 30.3 Å². The van der Waals surface area contributed by atoms with Gasteiger partial charge in [-0.2, -0.15) is 0 Å². The van der Waals surface area contributed by atoms with E-state index in [9.17, 15) is 9.59 Å². The molecule has 5 rings (SSSR count). The van der Waals surface area contributed by atoms with Gasteiger partial charge in [0.05, 0.1) is 21.6 Å². The molecule has 1 aliphatic heterocycles. The number of carbonyl (C=O) groups is 1. The number of fused-ring (bicyclic) bond motifs is 2. The Morgan fingerprint density at radius 2 is 2.00 bits per heavy atom. The smallest absolute Gasteiger partial charge is 0.326 e. The number of carbonyl (C=O) groups excluding carboxylic acids is 1. The summed E-state index contributed by atoms with van der Waals surface area (Å²) in [7, 11) is 0. The van der Waals surface area contributed by atoms with Crippen molar-refractivity contribution in [3.05, 3.63) is 69.9 Å². The molecule has 0 unspecified atom stereocenters. The first-order valence-electron chi connectivity index (χ1n) is 9.84. The normalized spacial score (nSPS) is 12.8. The third kappa shape index (κ3) is 3.55. The Morgan fingerprint density at radius 1 is 1.16 bits per heavy atom. The zero-order chi connectivity index (χ0) is 21.4. The summed E-state index contributed by atoms with van der Waals surface area (Å²) in [5, 5.41) is 3.31. The molecule has 0 radical (unpaired) electrons. The van der Waals surface area contributed by atoms with Crippen LogP contribution < -0.4 is 20.5 Å². The van der Waals surface area contributed by atoms with E-state index < -0.39 is 0 Å². The minimum atomic E-state index is -0.254. The third-order valence-corrected chi connectivity index (χ3v) is 5.48. The van der Waals surface area contributed by atoms with Gasteiger partial charge in [0.2, 0.25) is 0 Å². The summed E-state index contributed by atoms with van der Waals surface area (Å²) >= 11 is 6.35. The maximum absolute atomic E-state index is 12.8. The number of aromatic amines is 2. The van der Waals surface area contributed by atoms with Crippen molar-refractivity contribution in [3.8, 4) is 22.6 Å². The lowest BCUT2D eigenvalue weighted by Gasteiger charge is -2.20. The average molecular weight is 439 g/mol. The molecule has 1 amide bonds. The van der Waals surface area contributed by atoms with Gasteiger partial charge in [0.25, 0.3) is 5.91 Å². The Kier molecular flexibility index (Phi) is 4.91. The zero-order valence-corrected chi connectivity index (χ0v) is 17.2. The van der Waals surface area contributed by atoms with Crippen molar-refractivity contribution >= 4 is 28.5 Å². The van der Waals surface area contributed by atoms with Crippen LogP contribution in [0.2, 0.25) is 5.02 Å². The first-order chi connectivity index (χ1) is 15.1. The Labute approximate surface area is 181 Å². The number of hydrogen-bond donors (Lipinski definition) is 3. The first kappa shape index (κ1) is 19.3. The number of H-pyrrole nitrogens is 2. The Balaban J connectivity index is 1.34. The number of rotatable bonds is 5. The van der Waals surface area contributed by atoms with Crippen LogP contribution in [0.25, 0.3) is 22.2 Å². The topological polar surface area (TPSA) is 101 Å². The van der Waals surface area contributed by atoms with Gasteiger partial charge in [-0.25, -0.2) is 4.79 Å². The molecule has 0 saturated carbocycles. The number of aromatic nitrogens is 3. The monoisotopic (exact) mass is 438 g/mol. The van der Waals surface area contributed by atoms with Gasteiger partial charge in [0, 0.05) is 31.0 Å². The van der Waals surface area contributed by atoms with Gasteiger partial charge < -0.3 is 24.8 Å². The van der Waals surface area contributed by atoms with Crippen LogP contribution >= 0.6 is 11.6 Å². The molecule has 2 aromatic heterocycles. The van der Waals surface area contributed by atoms with E-state index in [0.717, 1.165) is 16.6 Å². The minimum absolute atomic E-state index is 0.205. The lowest BCUT2D eigenvalue weighted by Crippen LogP contribution is -2.30. The van der Waals surface area contributed by atoms with Crippen LogP contribution in [0.15, 0.2) is 53.6 Å². The highest BCUT2D eigenvalue weighted by molar-refractivity contribution is 6.32. The molecule has 0 aliphatic carbocycles. The number of nitrogens with zero attached hydrogens (tertiary/aromatic N) is 1. The summed E-state index contributed by atoms with van der Waals surface area (Å²) in [6.45, 7) is 1.54. The van der Waals surface area contributed by atoms with Gasteiger partial charge in [-0.15, -0.1) is 0 Å². The van der Waals surface area contributed by atoms with Crippen molar-refractivity contribution in [2.24, 2.45) is 0 Å². The van der Waals surface area contributed by atoms with Crippen molar-refractivity contribution in [1.29, 1.82) is 0 Å². The standard InChI is InChI=1S/C22H19ClN4O4/c23-16-9-13(10-19-20(16)31-8-7-30-19)14-11-24-12-15(14)21(28)25-5-6-27-18-4-2-1-3-17(18)26-22(27)29/h1-4,9-12,24H,5-8H2,(H,25,28)(H,26,29). The highest BCUT2D eigenvalue weighted by Crippen LogP contribution is 2.41. The number of halogens is 1. The van der Waals surface area contributed by atoms with Gasteiger partial charge in [0.15, 0.2) is 11.5 Å². The second-order valence-corrected chi connectivity index (χ2v) is 7.53. The van der Waals surface area contributed by atoms with Crippen molar-refractivity contribution < 1.29 is 14.3 Å². The van der Waals surface area contributed by atoms with Crippen LogP contribution in [0.4, 0.5) is 0 Å². The number of nitrogens with one attached hydrogen (secondary N) is 3. The van der Waals surface area contributed by atoms with E-state index in [1.165, 1.54) is 0 Å². The molecule has 3 heterocycles. The van der Waals surface area contributed by atoms with Crippen LogP contribution in [-0.2, 0) is 6.54 Å². The van der Waals surface area contributed by atoms with Crippen LogP contribution in [0.3, 0.4) is 0 Å². The minimum Gasteiger partial charge on any atom is -0.486 e. The number of ether oxygens (including phenoxy) is 2. The summed E-state index contributed by atoms with van der Waals surface area (Å²) in [6.07, 6.45) is 3.37. The lowest BCUT2D eigenvalue weighted by molar-refractivity contribution is 0.0953. The molecule has 8 nitrogen and oxygen atoms in total. The Hall–Kier alpha value is -3.65. The fourth-order valence-corrected chi connectivity index (χ4v) is 4.03. The van der Waals surface area contributed by atoms with E-state index in [1.54, 1.807) is 23.0 Å². The molecular formula is C22H19ClN4O4. The average Bonchev–Trinajstić information content (AvgIpc) is 3.38. The lowest BCUT2D eigenvalue weighted by atomic mass is 10.0. The fourth-order valence-electron chi connectivity index (χ4n) is 3.76. The van der Waals surface area contributed by atoms with Crippen LogP contribution in [-0.4, -0.2) is 40.2 Å². The van der Waals surface area contributed by atoms with E-state index in [-0.39, 0.29) is 11.6 Å². The molecule has 0 saturated heterocycles. The summed E-state index contributed by atoms with van der Waals surface area (Å²) in [5.74, 6) is 0.817. The number of imidazole rings is 1. The summed E-state index contributed by atoms with van der Waals surface area (Å²) in [4.78, 5) is 30.8. The molecule has 158 valence electrons. The molecule has 9 heteroatoms. The molecule has 2 aromatic carbocycles. The quantitative estimate of drug-likeness (QED) is 0.445. The van der Waals surface area contributed by atoms with E-state index in [4.69, 9.17) is 21.1 Å². The first-order valence-corrected chi connectivity index (χ1v) is 10.2. The predicted molar refractivity (Wildman–Crippen MR) is 117 cm³/mol. The van der Waals surface area contributed by atoms with E-state index in [0.29, 0.717) is 54.0 Å². The SMILES string of the molecule is O=C(NCCn1c(=O)[nH]c2ccccc21)c1c[nH]cc1-c1cc(Cl)c2c(c1)OCCO2. The molecule has 0 bridgehead atoms. The maximum atomic E-state index is 12.8. The molecule has 3 N–H and O–H groups in total. The van der Waals surface area contributed by atoms with Crippen LogP contribution in [0.1, 0.15) is 10.4 Å². The molecule has 1 aliphatic rings. The van der Waals surface area contributed by atoms with Crippen molar-refractivity contribution in [3.63, 3.8) is 0 Å². The number of benzene rings is 2. The Bertz CT molecular complexity index is 1340. The molecule has 0 spiro atoms. The van der Waals surface area contributed by atoms with Gasteiger partial charge in [-0.1, -0.05) is 23.7 Å². The highest BCUT2D eigenvalue weighted by atomic mass is 35.5. The van der Waals surface area contributed by atoms with Crippen LogP contribution in [0.5, 0.6) is 11.5 Å². The second kappa shape index (κ2) is 7.88. The van der Waals surface area contributed by atoms with Crippen LogP contribution in [0, 0.1) is 0 Å². The van der Waals surface area contributed by atoms with Gasteiger partial charge >= 0.3 is 5.69 Å². The van der Waals surface area contributed by atoms with E-state index >= 15 is 0 Å². The Morgan fingerprint density at radius 3 is 2.90 bits per heavy atom.